The Kier molecular flexibility index (Phi) is 5.55. The first kappa shape index (κ1) is 18.5. The molecule has 0 saturated carbocycles. The molecular weight excluding hydrogens is 390 g/mol. The lowest BCUT2D eigenvalue weighted by atomic mass is 10.1. The summed E-state index contributed by atoms with van der Waals surface area (Å²) in [6, 6.07) is 20.0. The lowest BCUT2D eigenvalue weighted by molar-refractivity contribution is -0.114. The van der Waals surface area contributed by atoms with Crippen molar-refractivity contribution >= 4 is 34.1 Å². The summed E-state index contributed by atoms with van der Waals surface area (Å²) in [5.41, 5.74) is 2.86. The van der Waals surface area contributed by atoms with E-state index >= 15 is 0 Å². The number of carbonyl (C=O) groups is 1. The minimum Gasteiger partial charge on any atom is -0.439 e. The van der Waals surface area contributed by atoms with Crippen molar-refractivity contribution in [3.8, 4) is 22.6 Å². The van der Waals surface area contributed by atoms with Crippen LogP contribution in [0.2, 0.25) is 0 Å². The van der Waals surface area contributed by atoms with Gasteiger partial charge < -0.3 is 9.73 Å². The van der Waals surface area contributed by atoms with Crippen LogP contribution in [0, 0.1) is 0 Å². The van der Waals surface area contributed by atoms with Crippen LogP contribution in [0.4, 0.5) is 5.13 Å². The highest BCUT2D eigenvalue weighted by Gasteiger charge is 2.17. The largest absolute Gasteiger partial charge is 0.439 e. The van der Waals surface area contributed by atoms with Crippen LogP contribution in [0.3, 0.4) is 0 Å². The van der Waals surface area contributed by atoms with Gasteiger partial charge in [0.1, 0.15) is 5.69 Å². The number of amides is 1. The molecule has 1 N–H and O–H groups in total. The number of oxazole rings is 1. The summed E-state index contributed by atoms with van der Waals surface area (Å²) < 4.78 is 7.12. The van der Waals surface area contributed by atoms with Gasteiger partial charge in [-0.05, 0) is 0 Å². The molecule has 5 nitrogen and oxygen atoms in total. The first-order chi connectivity index (χ1) is 13.7. The van der Waals surface area contributed by atoms with E-state index in [1.54, 1.807) is 18.0 Å². The second kappa shape index (κ2) is 8.41. The number of thiazole rings is 1. The number of nitrogens with zero attached hydrogens (tertiary/aromatic N) is 2. The molecule has 28 heavy (non-hydrogen) atoms. The average Bonchev–Trinajstić information content (AvgIpc) is 3.34. The topological polar surface area (TPSA) is 68.0 Å². The van der Waals surface area contributed by atoms with Crippen molar-refractivity contribution in [3.63, 3.8) is 0 Å². The minimum absolute atomic E-state index is 0.126. The fourth-order valence-corrected chi connectivity index (χ4v) is 4.43. The van der Waals surface area contributed by atoms with Gasteiger partial charge in [-0.1, -0.05) is 72.0 Å². The molecular formula is C21H17N3O2S2. The van der Waals surface area contributed by atoms with E-state index in [0.29, 0.717) is 16.8 Å². The second-order valence-corrected chi connectivity index (χ2v) is 8.28. The van der Waals surface area contributed by atoms with E-state index in [0.717, 1.165) is 26.8 Å². The Labute approximate surface area is 170 Å². The Morgan fingerprint density at radius 2 is 1.75 bits per heavy atom. The van der Waals surface area contributed by atoms with Gasteiger partial charge in [-0.25, -0.2) is 9.97 Å². The van der Waals surface area contributed by atoms with Gasteiger partial charge in [-0.2, -0.15) is 0 Å². The van der Waals surface area contributed by atoms with Gasteiger partial charge >= 0.3 is 0 Å². The number of nitrogens with one attached hydrogen (secondary N) is 1. The molecule has 0 fully saturated rings. The third kappa shape index (κ3) is 4.32. The van der Waals surface area contributed by atoms with Gasteiger partial charge in [-0.15, -0.1) is 11.8 Å². The number of aromatic nitrogens is 2. The Bertz CT molecular complexity index is 1020. The van der Waals surface area contributed by atoms with Crippen molar-refractivity contribution in [2.24, 2.45) is 0 Å². The normalized spacial score (nSPS) is 10.8. The Morgan fingerprint density at radius 3 is 2.43 bits per heavy atom. The van der Waals surface area contributed by atoms with E-state index in [1.165, 1.54) is 18.3 Å². The molecule has 0 bridgehead atoms. The summed E-state index contributed by atoms with van der Waals surface area (Å²) in [6.45, 7) is 1.47. The first-order valence-electron chi connectivity index (χ1n) is 8.66. The fraction of sp³-hybridized carbons (Fsp3) is 0.0952. The van der Waals surface area contributed by atoms with Gasteiger partial charge in [0.05, 0.1) is 16.2 Å². The Morgan fingerprint density at radius 1 is 1.07 bits per heavy atom. The second-order valence-electron chi connectivity index (χ2n) is 5.97. The summed E-state index contributed by atoms with van der Waals surface area (Å²) in [5.74, 6) is 1.87. The number of carbonyl (C=O) groups excluding carboxylic acids is 1. The fourth-order valence-electron chi connectivity index (χ4n) is 2.67. The first-order valence-corrected chi connectivity index (χ1v) is 10.5. The highest BCUT2D eigenvalue weighted by atomic mass is 32.2. The average molecular weight is 408 g/mol. The smallest absolute Gasteiger partial charge is 0.223 e. The maximum atomic E-state index is 11.1. The molecule has 7 heteroatoms. The van der Waals surface area contributed by atoms with E-state index in [2.05, 4.69) is 10.3 Å². The Hall–Kier alpha value is -2.90. The third-order valence-corrected chi connectivity index (χ3v) is 5.95. The molecule has 140 valence electrons. The molecule has 0 spiro atoms. The summed E-state index contributed by atoms with van der Waals surface area (Å²) >= 11 is 3.02. The molecule has 1 amide bonds. The minimum atomic E-state index is -0.126. The molecule has 2 aromatic carbocycles. The molecule has 2 aromatic heterocycles. The summed E-state index contributed by atoms with van der Waals surface area (Å²) in [7, 11) is 0. The van der Waals surface area contributed by atoms with E-state index in [1.807, 2.05) is 60.7 Å². The number of hydrogen-bond acceptors (Lipinski definition) is 6. The molecule has 0 radical (unpaired) electrons. The van der Waals surface area contributed by atoms with Gasteiger partial charge in [0.25, 0.3) is 0 Å². The molecule has 4 aromatic rings. The van der Waals surface area contributed by atoms with Crippen LogP contribution in [0.15, 0.2) is 75.5 Å². The lowest BCUT2D eigenvalue weighted by Gasteiger charge is -2.00. The summed E-state index contributed by atoms with van der Waals surface area (Å²) in [4.78, 5) is 20.1. The Balaban J connectivity index is 1.59. The molecule has 0 atom stereocenters. The van der Waals surface area contributed by atoms with Gasteiger partial charge in [0.2, 0.25) is 11.8 Å². The summed E-state index contributed by atoms with van der Waals surface area (Å²) in [5, 5.41) is 3.29. The van der Waals surface area contributed by atoms with Crippen molar-refractivity contribution < 1.29 is 9.21 Å². The van der Waals surface area contributed by atoms with E-state index in [4.69, 9.17) is 9.40 Å². The number of hydrogen-bond donors (Lipinski definition) is 1. The van der Waals surface area contributed by atoms with Gasteiger partial charge in [-0.3, -0.25) is 4.79 Å². The van der Waals surface area contributed by atoms with Crippen molar-refractivity contribution in [2.45, 2.75) is 16.9 Å². The van der Waals surface area contributed by atoms with Crippen molar-refractivity contribution in [1.82, 2.24) is 9.97 Å². The van der Waals surface area contributed by atoms with Crippen LogP contribution >= 0.6 is 23.1 Å². The zero-order valence-corrected chi connectivity index (χ0v) is 16.7. The molecule has 0 aliphatic rings. The van der Waals surface area contributed by atoms with Crippen LogP contribution in [0.1, 0.15) is 12.8 Å². The predicted octanol–water partition coefficient (Wildman–Crippen LogP) is 5.72. The van der Waals surface area contributed by atoms with Crippen LogP contribution in [-0.2, 0) is 10.5 Å². The van der Waals surface area contributed by atoms with Crippen molar-refractivity contribution in [2.75, 3.05) is 5.32 Å². The molecule has 2 heterocycles. The van der Waals surface area contributed by atoms with Gasteiger partial charge in [0, 0.05) is 18.1 Å². The monoisotopic (exact) mass is 407 g/mol. The SMILES string of the molecule is CC(=O)Nc1ncc(SCc2nc(-c3ccccc3)c(-c3ccccc3)o2)s1. The van der Waals surface area contributed by atoms with Crippen LogP contribution in [0.5, 0.6) is 0 Å². The predicted molar refractivity (Wildman–Crippen MR) is 113 cm³/mol. The molecule has 0 saturated heterocycles. The maximum absolute atomic E-state index is 11.1. The van der Waals surface area contributed by atoms with Crippen LogP contribution in [0.25, 0.3) is 22.6 Å². The zero-order valence-electron chi connectivity index (χ0n) is 15.1. The molecule has 0 unspecified atom stereocenters. The molecule has 0 aliphatic carbocycles. The standard InChI is InChI=1S/C21H17N3O2S2/c1-14(25)23-21-22-12-18(28-21)27-13-17-24-19(15-8-4-2-5-9-15)20(26-17)16-10-6-3-7-11-16/h2-12H,13H2,1H3,(H,22,23,25). The number of thioether (sulfide) groups is 1. The molecule has 4 rings (SSSR count). The summed E-state index contributed by atoms with van der Waals surface area (Å²) in [6.07, 6.45) is 1.75. The van der Waals surface area contributed by atoms with Crippen LogP contribution < -0.4 is 5.32 Å². The lowest BCUT2D eigenvalue weighted by Crippen LogP contribution is -2.04. The van der Waals surface area contributed by atoms with E-state index in [9.17, 15) is 4.79 Å². The van der Waals surface area contributed by atoms with E-state index < -0.39 is 0 Å². The zero-order chi connectivity index (χ0) is 19.3. The van der Waals surface area contributed by atoms with Crippen molar-refractivity contribution in [1.29, 1.82) is 0 Å². The quantitative estimate of drug-likeness (QED) is 0.414. The number of rotatable bonds is 6. The highest BCUT2D eigenvalue weighted by molar-refractivity contribution is 8.00. The highest BCUT2D eigenvalue weighted by Crippen LogP contribution is 2.35. The number of anilines is 1. The van der Waals surface area contributed by atoms with Crippen LogP contribution in [-0.4, -0.2) is 15.9 Å². The number of benzene rings is 2. The third-order valence-electron chi connectivity index (χ3n) is 3.86. The molecule has 0 aliphatic heterocycles. The van der Waals surface area contributed by atoms with E-state index in [-0.39, 0.29) is 5.91 Å². The van der Waals surface area contributed by atoms with Crippen molar-refractivity contribution in [3.05, 3.63) is 72.8 Å². The maximum Gasteiger partial charge on any atom is 0.223 e. The van der Waals surface area contributed by atoms with Gasteiger partial charge in [0.15, 0.2) is 10.9 Å².